The third-order valence-corrected chi connectivity index (χ3v) is 3.13. The van der Waals surface area contributed by atoms with Gasteiger partial charge in [-0.1, -0.05) is 6.92 Å². The summed E-state index contributed by atoms with van der Waals surface area (Å²) in [5.74, 6) is -2.32. The number of carboxylic acid groups (broad SMARTS) is 1. The fourth-order valence-electron chi connectivity index (χ4n) is 1.61. The maximum Gasteiger partial charge on any atom is 0.329 e. The third-order valence-electron chi connectivity index (χ3n) is 3.13. The number of carbonyl (C=O) groups is 4. The molecule has 0 spiro atoms. The van der Waals surface area contributed by atoms with Gasteiger partial charge in [-0.2, -0.15) is 0 Å². The molecular formula is C11H17N3O5. The second-order valence-corrected chi connectivity index (χ2v) is 4.66. The van der Waals surface area contributed by atoms with Crippen LogP contribution in [0.4, 0.5) is 4.79 Å². The number of amides is 4. The minimum Gasteiger partial charge on any atom is -0.480 e. The van der Waals surface area contributed by atoms with E-state index >= 15 is 0 Å². The Morgan fingerprint density at radius 2 is 2.00 bits per heavy atom. The van der Waals surface area contributed by atoms with Gasteiger partial charge >= 0.3 is 12.0 Å². The molecule has 1 aliphatic rings. The van der Waals surface area contributed by atoms with E-state index in [0.29, 0.717) is 0 Å². The van der Waals surface area contributed by atoms with Crippen LogP contribution in [0.2, 0.25) is 0 Å². The highest BCUT2D eigenvalue weighted by molar-refractivity contribution is 6.04. The van der Waals surface area contributed by atoms with Crippen molar-refractivity contribution < 1.29 is 24.3 Å². The zero-order valence-corrected chi connectivity index (χ0v) is 11.1. The second-order valence-electron chi connectivity index (χ2n) is 4.66. The van der Waals surface area contributed by atoms with Gasteiger partial charge in [-0.05, 0) is 13.3 Å². The van der Waals surface area contributed by atoms with Crippen LogP contribution in [-0.2, 0) is 14.4 Å². The molecule has 1 unspecified atom stereocenters. The number of hydrogen-bond donors (Lipinski definition) is 2. The van der Waals surface area contributed by atoms with Crippen molar-refractivity contribution in [1.82, 2.24) is 15.1 Å². The first-order valence-electron chi connectivity index (χ1n) is 5.81. The number of hydrogen-bond acceptors (Lipinski definition) is 4. The molecule has 8 heteroatoms. The number of rotatable bonds is 5. The smallest absolute Gasteiger partial charge is 0.329 e. The summed E-state index contributed by atoms with van der Waals surface area (Å²) in [4.78, 5) is 47.8. The molecule has 8 nitrogen and oxygen atoms in total. The van der Waals surface area contributed by atoms with Crippen molar-refractivity contribution in [3.05, 3.63) is 0 Å². The highest BCUT2D eigenvalue weighted by Crippen LogP contribution is 2.11. The molecule has 19 heavy (non-hydrogen) atoms. The van der Waals surface area contributed by atoms with Gasteiger partial charge in [0.05, 0.1) is 0 Å². The van der Waals surface area contributed by atoms with Gasteiger partial charge < -0.3 is 15.3 Å². The molecule has 0 saturated carbocycles. The largest absolute Gasteiger partial charge is 0.480 e. The topological polar surface area (TPSA) is 107 Å². The molecule has 1 saturated heterocycles. The van der Waals surface area contributed by atoms with Gasteiger partial charge in [0.15, 0.2) is 0 Å². The Labute approximate surface area is 110 Å². The Kier molecular flexibility index (Phi) is 4.13. The molecule has 1 atom stereocenters. The molecule has 1 heterocycles. The summed E-state index contributed by atoms with van der Waals surface area (Å²) >= 11 is 0. The molecule has 0 bridgehead atoms. The molecular weight excluding hydrogens is 254 g/mol. The SMILES string of the molecule is CCC(C)(NC(=O)CN1C(=O)CN(C)C1=O)C(=O)O. The highest BCUT2D eigenvalue weighted by atomic mass is 16.4. The number of urea groups is 1. The van der Waals surface area contributed by atoms with E-state index in [9.17, 15) is 19.2 Å². The van der Waals surface area contributed by atoms with E-state index in [-0.39, 0.29) is 13.0 Å². The number of imide groups is 1. The summed E-state index contributed by atoms with van der Waals surface area (Å²) in [6, 6.07) is -0.561. The lowest BCUT2D eigenvalue weighted by molar-refractivity contribution is -0.147. The van der Waals surface area contributed by atoms with Crippen molar-refractivity contribution in [2.24, 2.45) is 0 Å². The van der Waals surface area contributed by atoms with Crippen molar-refractivity contribution in [2.75, 3.05) is 20.1 Å². The van der Waals surface area contributed by atoms with Crippen molar-refractivity contribution >= 4 is 23.8 Å². The molecule has 0 radical (unpaired) electrons. The maximum atomic E-state index is 11.7. The number of aliphatic carboxylic acids is 1. The maximum absolute atomic E-state index is 11.7. The van der Waals surface area contributed by atoms with Gasteiger partial charge in [-0.25, -0.2) is 9.59 Å². The fourth-order valence-corrected chi connectivity index (χ4v) is 1.61. The van der Waals surface area contributed by atoms with Crippen LogP contribution in [0.3, 0.4) is 0 Å². The van der Waals surface area contributed by atoms with Gasteiger partial charge in [0.1, 0.15) is 18.6 Å². The molecule has 2 N–H and O–H groups in total. The summed E-state index contributed by atoms with van der Waals surface area (Å²) in [5, 5.41) is 11.3. The molecule has 0 aliphatic carbocycles. The van der Waals surface area contributed by atoms with E-state index in [1.165, 1.54) is 18.9 Å². The van der Waals surface area contributed by atoms with Gasteiger partial charge in [0.2, 0.25) is 5.91 Å². The Balaban J connectivity index is 2.69. The van der Waals surface area contributed by atoms with Crippen LogP contribution in [0.15, 0.2) is 0 Å². The molecule has 1 aliphatic heterocycles. The monoisotopic (exact) mass is 271 g/mol. The molecule has 0 aromatic rings. The molecule has 0 aromatic heterocycles. The second kappa shape index (κ2) is 5.25. The van der Waals surface area contributed by atoms with Crippen LogP contribution < -0.4 is 5.32 Å². The summed E-state index contributed by atoms with van der Waals surface area (Å²) in [5.41, 5.74) is -1.41. The van der Waals surface area contributed by atoms with Crippen molar-refractivity contribution in [2.45, 2.75) is 25.8 Å². The normalized spacial score (nSPS) is 18.5. The van der Waals surface area contributed by atoms with Gasteiger partial charge in [-0.3, -0.25) is 14.5 Å². The third kappa shape index (κ3) is 3.01. The van der Waals surface area contributed by atoms with Gasteiger partial charge in [0, 0.05) is 7.05 Å². The quantitative estimate of drug-likeness (QED) is 0.640. The molecule has 4 amide bonds. The van der Waals surface area contributed by atoms with Gasteiger partial charge in [-0.15, -0.1) is 0 Å². The first kappa shape index (κ1) is 14.9. The summed E-state index contributed by atoms with van der Waals surface area (Å²) in [6.45, 7) is 2.45. The predicted molar refractivity (Wildman–Crippen MR) is 64.2 cm³/mol. The van der Waals surface area contributed by atoms with E-state index in [0.717, 1.165) is 4.90 Å². The Bertz CT molecular complexity index is 436. The van der Waals surface area contributed by atoms with Crippen LogP contribution >= 0.6 is 0 Å². The van der Waals surface area contributed by atoms with E-state index in [2.05, 4.69) is 5.32 Å². The standard InChI is InChI=1S/C11H17N3O5/c1-4-11(2,9(17)18)12-7(15)5-14-8(16)6-13(3)10(14)19/h4-6H2,1-3H3,(H,12,15)(H,17,18). The van der Waals surface area contributed by atoms with Crippen molar-refractivity contribution in [3.63, 3.8) is 0 Å². The Morgan fingerprint density at radius 3 is 2.37 bits per heavy atom. The average molecular weight is 271 g/mol. The van der Waals surface area contributed by atoms with Crippen LogP contribution in [0.5, 0.6) is 0 Å². The number of likely N-dealkylation sites (N-methyl/N-ethyl adjacent to an activating group) is 1. The predicted octanol–water partition coefficient (Wildman–Crippen LogP) is -0.750. The highest BCUT2D eigenvalue weighted by Gasteiger charge is 2.37. The van der Waals surface area contributed by atoms with Crippen LogP contribution in [0.1, 0.15) is 20.3 Å². The van der Waals surface area contributed by atoms with E-state index in [4.69, 9.17) is 5.11 Å². The van der Waals surface area contributed by atoms with Crippen molar-refractivity contribution in [3.8, 4) is 0 Å². The molecule has 1 rings (SSSR count). The van der Waals surface area contributed by atoms with Crippen LogP contribution in [0, 0.1) is 0 Å². The van der Waals surface area contributed by atoms with Crippen LogP contribution in [0.25, 0.3) is 0 Å². The minimum absolute atomic E-state index is 0.0733. The first-order valence-corrected chi connectivity index (χ1v) is 5.81. The zero-order valence-electron chi connectivity index (χ0n) is 11.1. The summed E-state index contributed by atoms with van der Waals surface area (Å²) in [6.07, 6.45) is 0.190. The minimum atomic E-state index is -1.41. The molecule has 106 valence electrons. The van der Waals surface area contributed by atoms with E-state index in [1.807, 2.05) is 0 Å². The first-order chi connectivity index (χ1) is 8.71. The van der Waals surface area contributed by atoms with E-state index < -0.39 is 35.9 Å². The summed E-state index contributed by atoms with van der Waals surface area (Å²) in [7, 11) is 1.45. The lowest BCUT2D eigenvalue weighted by atomic mass is 9.99. The Hall–Kier alpha value is -2.12. The van der Waals surface area contributed by atoms with Crippen LogP contribution in [-0.4, -0.2) is 64.4 Å². The lowest BCUT2D eigenvalue weighted by Crippen LogP contribution is -2.54. The number of carbonyl (C=O) groups excluding carboxylic acids is 3. The van der Waals surface area contributed by atoms with E-state index in [1.54, 1.807) is 6.92 Å². The van der Waals surface area contributed by atoms with Crippen molar-refractivity contribution in [1.29, 1.82) is 0 Å². The average Bonchev–Trinajstić information content (AvgIpc) is 2.55. The molecule has 1 fully saturated rings. The lowest BCUT2D eigenvalue weighted by Gasteiger charge is -2.25. The Morgan fingerprint density at radius 1 is 1.42 bits per heavy atom. The number of carboxylic acids is 1. The number of nitrogens with one attached hydrogen (secondary N) is 1. The molecule has 0 aromatic carbocycles. The fraction of sp³-hybridized carbons (Fsp3) is 0.636. The summed E-state index contributed by atoms with van der Waals surface area (Å²) < 4.78 is 0. The number of nitrogens with zero attached hydrogens (tertiary/aromatic N) is 2. The zero-order chi connectivity index (χ0) is 14.8. The van der Waals surface area contributed by atoms with Gasteiger partial charge in [0.25, 0.3) is 5.91 Å².